The highest BCUT2D eigenvalue weighted by atomic mass is 16.5. The Bertz CT molecular complexity index is 707. The highest BCUT2D eigenvalue weighted by Gasteiger charge is 2.25. The molecule has 1 heterocycles. The van der Waals surface area contributed by atoms with Crippen molar-refractivity contribution >= 4 is 5.91 Å². The maximum absolute atomic E-state index is 13.1. The quantitative estimate of drug-likeness (QED) is 0.814. The van der Waals surface area contributed by atoms with E-state index in [0.29, 0.717) is 0 Å². The van der Waals surface area contributed by atoms with Gasteiger partial charge < -0.3 is 15.0 Å². The van der Waals surface area contributed by atoms with Crippen LogP contribution in [-0.2, 0) is 11.2 Å². The number of hydrogen-bond donors (Lipinski definition) is 1. The molecule has 3 rings (SSSR count). The molecule has 1 N–H and O–H groups in total. The minimum Gasteiger partial charge on any atom is -0.497 e. The molecule has 0 aliphatic carbocycles. The lowest BCUT2D eigenvalue weighted by atomic mass is 9.90. The average Bonchev–Trinajstić information content (AvgIpc) is 2.71. The van der Waals surface area contributed by atoms with Gasteiger partial charge in [-0.3, -0.25) is 4.79 Å². The number of carbonyl (C=O) groups excluding carboxylic acids is 1. The van der Waals surface area contributed by atoms with Gasteiger partial charge in [0.1, 0.15) is 5.75 Å². The van der Waals surface area contributed by atoms with E-state index in [0.717, 1.165) is 50.1 Å². The van der Waals surface area contributed by atoms with Gasteiger partial charge >= 0.3 is 0 Å². The Labute approximate surface area is 162 Å². The van der Waals surface area contributed by atoms with Crippen molar-refractivity contribution in [2.75, 3.05) is 27.2 Å². The van der Waals surface area contributed by atoms with Crippen LogP contribution in [0.15, 0.2) is 54.6 Å². The summed E-state index contributed by atoms with van der Waals surface area (Å²) >= 11 is 0. The summed E-state index contributed by atoms with van der Waals surface area (Å²) in [7, 11) is 3.80. The average molecular weight is 367 g/mol. The number of aryl methyl sites for hydroxylation is 1. The number of piperidine rings is 1. The molecule has 0 saturated carbocycles. The van der Waals surface area contributed by atoms with E-state index in [1.54, 1.807) is 7.11 Å². The van der Waals surface area contributed by atoms with E-state index >= 15 is 0 Å². The second-order valence-electron chi connectivity index (χ2n) is 7.44. The van der Waals surface area contributed by atoms with Crippen LogP contribution in [0, 0.1) is 0 Å². The fourth-order valence-electron chi connectivity index (χ4n) is 3.70. The topological polar surface area (TPSA) is 41.6 Å². The fraction of sp³-hybridized carbons (Fsp3) is 0.435. The van der Waals surface area contributed by atoms with Crippen LogP contribution in [0.4, 0.5) is 0 Å². The molecule has 1 aliphatic heterocycles. The Morgan fingerprint density at radius 1 is 1.11 bits per heavy atom. The molecule has 0 aromatic heterocycles. The second kappa shape index (κ2) is 9.56. The molecule has 144 valence electrons. The lowest BCUT2D eigenvalue weighted by Gasteiger charge is -2.30. The first kappa shape index (κ1) is 19.4. The minimum absolute atomic E-state index is 0.143. The van der Waals surface area contributed by atoms with Gasteiger partial charge in [-0.1, -0.05) is 42.5 Å². The number of amides is 1. The fourth-order valence-corrected chi connectivity index (χ4v) is 3.70. The summed E-state index contributed by atoms with van der Waals surface area (Å²) in [5.74, 6) is 0.817. The number of rotatable bonds is 7. The Balaban J connectivity index is 1.70. The standard InChI is InChI=1S/C23H30N2O2/c1-25-16-14-20(15-17-25)24-23(26)22(13-8-18-6-4-3-5-7-18)19-9-11-21(27-2)12-10-19/h3-7,9-12,20,22H,8,13-17H2,1-2H3,(H,24,26). The number of carbonyl (C=O) groups is 1. The van der Waals surface area contributed by atoms with Crippen molar-refractivity contribution in [3.8, 4) is 5.75 Å². The molecule has 1 aliphatic rings. The van der Waals surface area contributed by atoms with Crippen LogP contribution in [0.2, 0.25) is 0 Å². The van der Waals surface area contributed by atoms with Gasteiger partial charge in [0.15, 0.2) is 0 Å². The molecular formula is C23H30N2O2. The molecule has 0 bridgehead atoms. The second-order valence-corrected chi connectivity index (χ2v) is 7.44. The predicted molar refractivity (Wildman–Crippen MR) is 109 cm³/mol. The van der Waals surface area contributed by atoms with E-state index < -0.39 is 0 Å². The number of ether oxygens (including phenoxy) is 1. The van der Waals surface area contributed by atoms with Gasteiger partial charge in [-0.25, -0.2) is 0 Å². The lowest BCUT2D eigenvalue weighted by Crippen LogP contribution is -2.45. The van der Waals surface area contributed by atoms with Crippen molar-refractivity contribution in [2.24, 2.45) is 0 Å². The molecule has 4 nitrogen and oxygen atoms in total. The summed E-state index contributed by atoms with van der Waals surface area (Å²) in [4.78, 5) is 15.4. The zero-order valence-electron chi connectivity index (χ0n) is 16.4. The van der Waals surface area contributed by atoms with Gasteiger partial charge in [-0.2, -0.15) is 0 Å². The van der Waals surface area contributed by atoms with Crippen LogP contribution in [0.25, 0.3) is 0 Å². The number of methoxy groups -OCH3 is 1. The largest absolute Gasteiger partial charge is 0.497 e. The summed E-state index contributed by atoms with van der Waals surface area (Å²) in [6, 6.07) is 18.6. The molecule has 27 heavy (non-hydrogen) atoms. The number of nitrogens with zero attached hydrogens (tertiary/aromatic N) is 1. The maximum Gasteiger partial charge on any atom is 0.227 e. The van der Waals surface area contributed by atoms with Crippen LogP contribution in [0.3, 0.4) is 0 Å². The normalized spacial score (nSPS) is 16.7. The zero-order chi connectivity index (χ0) is 19.1. The van der Waals surface area contributed by atoms with E-state index in [9.17, 15) is 4.79 Å². The van der Waals surface area contributed by atoms with E-state index in [1.165, 1.54) is 5.56 Å². The summed E-state index contributed by atoms with van der Waals surface area (Å²) in [5.41, 5.74) is 2.32. The number of likely N-dealkylation sites (tertiary alicyclic amines) is 1. The van der Waals surface area contributed by atoms with E-state index in [1.807, 2.05) is 30.3 Å². The van der Waals surface area contributed by atoms with Gasteiger partial charge in [0.2, 0.25) is 5.91 Å². The highest BCUT2D eigenvalue weighted by molar-refractivity contribution is 5.84. The van der Waals surface area contributed by atoms with E-state index in [-0.39, 0.29) is 17.9 Å². The molecule has 4 heteroatoms. The molecule has 0 radical (unpaired) electrons. The molecule has 1 atom stereocenters. The molecule has 2 aromatic carbocycles. The van der Waals surface area contributed by atoms with Crippen molar-refractivity contribution in [1.82, 2.24) is 10.2 Å². The number of hydrogen-bond acceptors (Lipinski definition) is 3. The van der Waals surface area contributed by atoms with Gasteiger partial charge in [-0.05, 0) is 69.1 Å². The summed E-state index contributed by atoms with van der Waals surface area (Å²) in [6.45, 7) is 2.09. The van der Waals surface area contributed by atoms with Gasteiger partial charge in [0.25, 0.3) is 0 Å². The summed E-state index contributed by atoms with van der Waals surface area (Å²) < 4.78 is 5.27. The highest BCUT2D eigenvalue weighted by Crippen LogP contribution is 2.25. The Morgan fingerprint density at radius 3 is 2.41 bits per heavy atom. The molecule has 2 aromatic rings. The molecule has 1 fully saturated rings. The molecular weight excluding hydrogens is 336 g/mol. The van der Waals surface area contributed by atoms with Crippen molar-refractivity contribution in [3.05, 3.63) is 65.7 Å². The van der Waals surface area contributed by atoms with Crippen molar-refractivity contribution in [2.45, 2.75) is 37.6 Å². The van der Waals surface area contributed by atoms with Crippen LogP contribution in [-0.4, -0.2) is 44.1 Å². The van der Waals surface area contributed by atoms with E-state index in [4.69, 9.17) is 4.74 Å². The van der Waals surface area contributed by atoms with E-state index in [2.05, 4.69) is 41.5 Å². The van der Waals surface area contributed by atoms with Gasteiger partial charge in [0, 0.05) is 6.04 Å². The monoisotopic (exact) mass is 366 g/mol. The van der Waals surface area contributed by atoms with Gasteiger partial charge in [0.05, 0.1) is 13.0 Å². The number of nitrogens with one attached hydrogen (secondary N) is 1. The molecule has 1 unspecified atom stereocenters. The lowest BCUT2D eigenvalue weighted by molar-refractivity contribution is -0.123. The van der Waals surface area contributed by atoms with Crippen LogP contribution in [0.1, 0.15) is 36.3 Å². The van der Waals surface area contributed by atoms with Crippen LogP contribution < -0.4 is 10.1 Å². The number of benzene rings is 2. The van der Waals surface area contributed by atoms with Gasteiger partial charge in [-0.15, -0.1) is 0 Å². The van der Waals surface area contributed by atoms with Crippen LogP contribution >= 0.6 is 0 Å². The molecule has 1 saturated heterocycles. The maximum atomic E-state index is 13.1. The first-order chi connectivity index (χ1) is 13.2. The third-order valence-corrected chi connectivity index (χ3v) is 5.46. The molecule has 0 spiro atoms. The third kappa shape index (κ3) is 5.57. The smallest absolute Gasteiger partial charge is 0.227 e. The van der Waals surface area contributed by atoms with Crippen molar-refractivity contribution in [3.63, 3.8) is 0 Å². The zero-order valence-corrected chi connectivity index (χ0v) is 16.4. The predicted octanol–water partition coefficient (Wildman–Crippen LogP) is 3.62. The Morgan fingerprint density at radius 2 is 1.78 bits per heavy atom. The van der Waals surface area contributed by atoms with Crippen molar-refractivity contribution in [1.29, 1.82) is 0 Å². The Kier molecular flexibility index (Phi) is 6.88. The Hall–Kier alpha value is -2.33. The summed E-state index contributed by atoms with van der Waals surface area (Å²) in [6.07, 6.45) is 3.74. The third-order valence-electron chi connectivity index (χ3n) is 5.46. The SMILES string of the molecule is COc1ccc(C(CCc2ccccc2)C(=O)NC2CCN(C)CC2)cc1. The minimum atomic E-state index is -0.143. The van der Waals surface area contributed by atoms with Crippen molar-refractivity contribution < 1.29 is 9.53 Å². The van der Waals surface area contributed by atoms with Crippen LogP contribution in [0.5, 0.6) is 5.75 Å². The molecule has 1 amide bonds. The first-order valence-electron chi connectivity index (χ1n) is 9.82. The first-order valence-corrected chi connectivity index (χ1v) is 9.82. The summed E-state index contributed by atoms with van der Waals surface area (Å²) in [5, 5.41) is 3.31.